The second-order valence-electron chi connectivity index (χ2n) is 6.38. The van der Waals surface area contributed by atoms with E-state index in [-0.39, 0.29) is 31.0 Å². The molecule has 2 aliphatic heterocycles. The Labute approximate surface area is 128 Å². The normalized spacial score (nSPS) is 34.7. The highest BCUT2D eigenvalue weighted by atomic mass is 16.8. The summed E-state index contributed by atoms with van der Waals surface area (Å²) in [5.41, 5.74) is 0.944. The number of rotatable bonds is 2. The summed E-state index contributed by atoms with van der Waals surface area (Å²) in [6.07, 6.45) is -0.119. The zero-order valence-corrected chi connectivity index (χ0v) is 12.6. The minimum absolute atomic E-state index is 0.0989. The van der Waals surface area contributed by atoms with Gasteiger partial charge in [-0.2, -0.15) is 5.06 Å². The highest BCUT2D eigenvalue weighted by Crippen LogP contribution is 2.46. The molecule has 3 aliphatic rings. The summed E-state index contributed by atoms with van der Waals surface area (Å²) in [4.78, 5) is 17.9. The largest absolute Gasteiger partial charge is 0.443 e. The maximum Gasteiger partial charge on any atom is 0.434 e. The average Bonchev–Trinajstić information content (AvgIpc) is 3.14. The molecule has 4 atom stereocenters. The lowest BCUT2D eigenvalue weighted by Gasteiger charge is -2.30. The van der Waals surface area contributed by atoms with Gasteiger partial charge in [0.05, 0.1) is 6.04 Å². The van der Waals surface area contributed by atoms with Gasteiger partial charge in [0.2, 0.25) is 0 Å². The first-order chi connectivity index (χ1) is 10.5. The van der Waals surface area contributed by atoms with Gasteiger partial charge in [-0.15, -0.1) is 0 Å². The quantitative estimate of drug-likeness (QED) is 0.838. The van der Waals surface area contributed by atoms with Crippen molar-refractivity contribution in [3.63, 3.8) is 0 Å². The van der Waals surface area contributed by atoms with Gasteiger partial charge in [0.1, 0.15) is 24.9 Å². The molecule has 0 radical (unpaired) electrons. The fourth-order valence-corrected chi connectivity index (χ4v) is 3.43. The number of hydrogen-bond acceptors (Lipinski definition) is 5. The maximum absolute atomic E-state index is 12.2. The third-order valence-electron chi connectivity index (χ3n) is 4.32. The molecule has 6 heteroatoms. The zero-order valence-electron chi connectivity index (χ0n) is 12.6. The molecule has 2 saturated heterocycles. The maximum atomic E-state index is 12.2. The molecule has 2 unspecified atom stereocenters. The number of carbonyl (C=O) groups is 1. The summed E-state index contributed by atoms with van der Waals surface area (Å²) in [5, 5.41) is 1.32. The Hall–Kier alpha value is -1.63. The Kier molecular flexibility index (Phi) is 3.14. The molecular formula is C16H19NO5. The van der Waals surface area contributed by atoms with Gasteiger partial charge in [-0.05, 0) is 19.4 Å². The lowest BCUT2D eigenvalue weighted by Crippen LogP contribution is -2.49. The third-order valence-corrected chi connectivity index (χ3v) is 4.32. The van der Waals surface area contributed by atoms with Crippen LogP contribution in [0.25, 0.3) is 0 Å². The Bertz CT molecular complexity index is 575. The van der Waals surface area contributed by atoms with Crippen molar-refractivity contribution < 1.29 is 23.8 Å². The van der Waals surface area contributed by atoms with Crippen LogP contribution in [0.5, 0.6) is 0 Å². The van der Waals surface area contributed by atoms with Gasteiger partial charge in [0.15, 0.2) is 5.79 Å². The average molecular weight is 305 g/mol. The van der Waals surface area contributed by atoms with Crippen molar-refractivity contribution in [2.24, 2.45) is 0 Å². The van der Waals surface area contributed by atoms with Crippen LogP contribution in [-0.4, -0.2) is 41.3 Å². The predicted molar refractivity (Wildman–Crippen MR) is 75.6 cm³/mol. The molecule has 22 heavy (non-hydrogen) atoms. The van der Waals surface area contributed by atoms with Crippen LogP contribution in [-0.2, 0) is 25.7 Å². The van der Waals surface area contributed by atoms with E-state index >= 15 is 0 Å². The van der Waals surface area contributed by atoms with Crippen LogP contribution in [0.3, 0.4) is 0 Å². The predicted octanol–water partition coefficient (Wildman–Crippen LogP) is 2.23. The van der Waals surface area contributed by atoms with E-state index in [1.54, 1.807) is 0 Å². The van der Waals surface area contributed by atoms with E-state index in [9.17, 15) is 4.79 Å². The molecule has 1 aromatic rings. The van der Waals surface area contributed by atoms with Crippen molar-refractivity contribution >= 4 is 6.09 Å². The third kappa shape index (κ3) is 2.27. The summed E-state index contributed by atoms with van der Waals surface area (Å²) in [5.74, 6) is -0.625. The van der Waals surface area contributed by atoms with Crippen molar-refractivity contribution in [1.82, 2.24) is 5.06 Å². The van der Waals surface area contributed by atoms with Crippen LogP contribution in [0.4, 0.5) is 4.79 Å². The standard InChI is InChI=1S/C16H19NO5/c1-16(2)20-13-11-8-12(14(13)21-16)22-17(11)15(18)19-9-10-6-4-3-5-7-10/h3-7,11-14H,8-9H2,1-2H3/t11?,12?,13-,14+/m0/s1. The van der Waals surface area contributed by atoms with E-state index < -0.39 is 11.9 Å². The second kappa shape index (κ2) is 4.94. The number of ether oxygens (including phenoxy) is 3. The van der Waals surface area contributed by atoms with Crippen LogP contribution in [0.1, 0.15) is 25.8 Å². The van der Waals surface area contributed by atoms with E-state index in [2.05, 4.69) is 0 Å². The number of fused-ring (bicyclic) bond motifs is 5. The molecule has 2 heterocycles. The first-order valence-corrected chi connectivity index (χ1v) is 7.56. The molecule has 118 valence electrons. The van der Waals surface area contributed by atoms with Gasteiger partial charge in [0, 0.05) is 6.42 Å². The molecular weight excluding hydrogens is 286 g/mol. The minimum Gasteiger partial charge on any atom is -0.443 e. The van der Waals surface area contributed by atoms with Crippen LogP contribution >= 0.6 is 0 Å². The van der Waals surface area contributed by atoms with Crippen molar-refractivity contribution in [2.75, 3.05) is 0 Å². The molecule has 6 nitrogen and oxygen atoms in total. The lowest BCUT2D eigenvalue weighted by atomic mass is 10.2. The number of carbonyl (C=O) groups excluding carboxylic acids is 1. The molecule has 3 fully saturated rings. The topological polar surface area (TPSA) is 57.2 Å². The fraction of sp³-hybridized carbons (Fsp3) is 0.562. The van der Waals surface area contributed by atoms with Gasteiger partial charge >= 0.3 is 6.09 Å². The van der Waals surface area contributed by atoms with Crippen LogP contribution in [0, 0.1) is 0 Å². The van der Waals surface area contributed by atoms with Gasteiger partial charge in [-0.3, -0.25) is 4.84 Å². The molecule has 0 aromatic heterocycles. The van der Waals surface area contributed by atoms with E-state index in [4.69, 9.17) is 19.0 Å². The Morgan fingerprint density at radius 2 is 2.00 bits per heavy atom. The molecule has 1 aliphatic carbocycles. The molecule has 0 N–H and O–H groups in total. The molecule has 4 rings (SSSR count). The Morgan fingerprint density at radius 3 is 2.77 bits per heavy atom. The minimum atomic E-state index is -0.625. The number of nitrogens with zero attached hydrogens (tertiary/aromatic N) is 1. The van der Waals surface area contributed by atoms with E-state index in [1.807, 2.05) is 44.2 Å². The Morgan fingerprint density at radius 1 is 1.27 bits per heavy atom. The van der Waals surface area contributed by atoms with E-state index in [0.717, 1.165) is 12.0 Å². The van der Waals surface area contributed by atoms with Crippen molar-refractivity contribution in [1.29, 1.82) is 0 Å². The highest BCUT2D eigenvalue weighted by Gasteiger charge is 2.62. The first kappa shape index (κ1) is 14.0. The van der Waals surface area contributed by atoms with Gasteiger partial charge in [-0.25, -0.2) is 4.79 Å². The van der Waals surface area contributed by atoms with Crippen LogP contribution in [0.15, 0.2) is 30.3 Å². The number of hydrogen-bond donors (Lipinski definition) is 0. The van der Waals surface area contributed by atoms with Crippen molar-refractivity contribution in [3.05, 3.63) is 35.9 Å². The number of benzene rings is 1. The fourth-order valence-electron chi connectivity index (χ4n) is 3.43. The summed E-state index contributed by atoms with van der Waals surface area (Å²) >= 11 is 0. The summed E-state index contributed by atoms with van der Waals surface area (Å²) in [7, 11) is 0. The summed E-state index contributed by atoms with van der Waals surface area (Å²) < 4.78 is 17.1. The van der Waals surface area contributed by atoms with Crippen molar-refractivity contribution in [3.8, 4) is 0 Å². The van der Waals surface area contributed by atoms with E-state index in [1.165, 1.54) is 5.06 Å². The number of amides is 1. The second-order valence-corrected chi connectivity index (χ2v) is 6.38. The lowest BCUT2D eigenvalue weighted by molar-refractivity contribution is -0.202. The first-order valence-electron chi connectivity index (χ1n) is 7.56. The highest BCUT2D eigenvalue weighted by molar-refractivity contribution is 5.67. The SMILES string of the molecule is CC1(C)O[C@@H]2C3CC([C@@H]2O1)N(C(=O)OCc1ccccc1)O3. The summed E-state index contributed by atoms with van der Waals surface area (Å²) in [6.45, 7) is 3.99. The molecule has 1 amide bonds. The van der Waals surface area contributed by atoms with Gasteiger partial charge in [0.25, 0.3) is 0 Å². The zero-order chi connectivity index (χ0) is 15.3. The Balaban J connectivity index is 1.39. The monoisotopic (exact) mass is 305 g/mol. The molecule has 0 spiro atoms. The molecule has 1 saturated carbocycles. The van der Waals surface area contributed by atoms with Gasteiger partial charge < -0.3 is 14.2 Å². The summed E-state index contributed by atoms with van der Waals surface area (Å²) in [6, 6.07) is 9.43. The number of hydroxylamine groups is 2. The van der Waals surface area contributed by atoms with E-state index in [0.29, 0.717) is 0 Å². The van der Waals surface area contributed by atoms with Gasteiger partial charge in [-0.1, -0.05) is 30.3 Å². The molecule has 1 aromatic carbocycles. The smallest absolute Gasteiger partial charge is 0.434 e. The van der Waals surface area contributed by atoms with Crippen LogP contribution < -0.4 is 0 Å². The molecule has 2 bridgehead atoms. The van der Waals surface area contributed by atoms with Crippen molar-refractivity contribution in [2.45, 2.75) is 57.0 Å². The van der Waals surface area contributed by atoms with Crippen LogP contribution in [0.2, 0.25) is 0 Å².